The zero-order valence-corrected chi connectivity index (χ0v) is 10.5. The molecule has 0 aliphatic rings. The Morgan fingerprint density at radius 3 is 2.86 bits per heavy atom. The van der Waals surface area contributed by atoms with Gasteiger partial charge in [-0.25, -0.2) is 0 Å². The summed E-state index contributed by atoms with van der Waals surface area (Å²) in [6.45, 7) is 1.92. The topological polar surface area (TPSA) is 17.1 Å². The molecule has 0 radical (unpaired) electrons. The lowest BCUT2D eigenvalue weighted by atomic mass is 10.1. The van der Waals surface area contributed by atoms with Crippen molar-refractivity contribution in [1.82, 2.24) is 0 Å². The van der Waals surface area contributed by atoms with Crippen LogP contribution in [0.1, 0.15) is 15.2 Å². The lowest BCUT2D eigenvalue weighted by molar-refractivity contribution is 0.108. The summed E-state index contributed by atoms with van der Waals surface area (Å²) < 4.78 is 2.11. The number of benzene rings is 1. The monoisotopic (exact) mass is 288 g/mol. The zero-order chi connectivity index (χ0) is 10.3. The van der Waals surface area contributed by atoms with Gasteiger partial charge in [0.1, 0.15) is 0 Å². The highest BCUT2D eigenvalue weighted by Gasteiger charge is 2.13. The molecule has 1 aromatic heterocycles. The lowest BCUT2D eigenvalue weighted by Gasteiger charge is -1.92. The smallest absolute Gasteiger partial charge is 0.262 e. The summed E-state index contributed by atoms with van der Waals surface area (Å²) in [6.07, 6.45) is 0. The van der Waals surface area contributed by atoms with Crippen LogP contribution in [0.4, 0.5) is 0 Å². The van der Waals surface area contributed by atoms with Crippen molar-refractivity contribution >= 4 is 54.2 Å². The molecule has 0 fully saturated rings. The molecule has 0 unspecified atom stereocenters. The maximum Gasteiger partial charge on any atom is 0.262 e. The number of hydrogen-bond acceptors (Lipinski definition) is 2. The summed E-state index contributed by atoms with van der Waals surface area (Å²) in [4.78, 5) is 11.7. The molecule has 14 heavy (non-hydrogen) atoms. The van der Waals surface area contributed by atoms with E-state index in [2.05, 4.69) is 15.9 Å². The first-order valence-corrected chi connectivity index (χ1v) is 5.97. The molecule has 1 aromatic carbocycles. The summed E-state index contributed by atoms with van der Waals surface area (Å²) in [5, 5.41) is 0.716. The fraction of sp³-hybridized carbons (Fsp3) is 0.100. The first-order valence-electron chi connectivity index (χ1n) is 3.98. The van der Waals surface area contributed by atoms with Gasteiger partial charge in [0.15, 0.2) is 0 Å². The van der Waals surface area contributed by atoms with Crippen LogP contribution in [-0.2, 0) is 0 Å². The Morgan fingerprint density at radius 2 is 2.21 bits per heavy atom. The molecule has 1 nitrogen and oxygen atoms in total. The van der Waals surface area contributed by atoms with Crippen molar-refractivity contribution in [2.24, 2.45) is 0 Å². The summed E-state index contributed by atoms with van der Waals surface area (Å²) in [6, 6.07) is 5.95. The van der Waals surface area contributed by atoms with E-state index >= 15 is 0 Å². The number of carbonyl (C=O) groups excluding carboxylic acids is 1. The minimum absolute atomic E-state index is 0.375. The Morgan fingerprint density at radius 1 is 1.50 bits per heavy atom. The molecule has 72 valence electrons. The van der Waals surface area contributed by atoms with Crippen LogP contribution < -0.4 is 0 Å². The minimum atomic E-state index is -0.375. The van der Waals surface area contributed by atoms with Crippen LogP contribution in [0.2, 0.25) is 0 Å². The number of aryl methyl sites for hydroxylation is 1. The molecule has 4 heteroatoms. The van der Waals surface area contributed by atoms with E-state index in [9.17, 15) is 4.79 Å². The fourth-order valence-corrected chi connectivity index (χ4v) is 3.02. The molecule has 0 spiro atoms. The van der Waals surface area contributed by atoms with Crippen molar-refractivity contribution in [3.8, 4) is 0 Å². The molecule has 2 aromatic rings. The van der Waals surface area contributed by atoms with Crippen molar-refractivity contribution in [2.75, 3.05) is 0 Å². The molecule has 0 bridgehead atoms. The SMILES string of the molecule is Cc1c(C(=O)Cl)sc2ccc(Br)cc12. The Kier molecular flexibility index (Phi) is 2.64. The Balaban J connectivity index is 2.80. The van der Waals surface area contributed by atoms with E-state index in [4.69, 9.17) is 11.6 Å². The highest BCUT2D eigenvalue weighted by atomic mass is 79.9. The van der Waals surface area contributed by atoms with Gasteiger partial charge < -0.3 is 0 Å². The van der Waals surface area contributed by atoms with Gasteiger partial charge >= 0.3 is 0 Å². The second-order valence-corrected chi connectivity index (χ2v) is 5.28. The number of rotatable bonds is 1. The molecule has 0 atom stereocenters. The molecule has 0 N–H and O–H groups in total. The molecule has 0 amide bonds. The number of halogens is 2. The standard InChI is InChI=1S/C10H6BrClOS/c1-5-7-4-6(11)2-3-8(7)14-9(5)10(12)13/h2-4H,1H3. The predicted molar refractivity (Wildman–Crippen MR) is 64.4 cm³/mol. The fourth-order valence-electron chi connectivity index (χ4n) is 1.38. The van der Waals surface area contributed by atoms with Crippen LogP contribution in [0.3, 0.4) is 0 Å². The van der Waals surface area contributed by atoms with Crippen molar-refractivity contribution in [3.05, 3.63) is 33.1 Å². The average Bonchev–Trinajstić information content (AvgIpc) is 2.44. The van der Waals surface area contributed by atoms with Crippen LogP contribution in [0.25, 0.3) is 10.1 Å². The molecule has 0 aliphatic heterocycles. The highest BCUT2D eigenvalue weighted by Crippen LogP contribution is 2.33. The molecule has 2 rings (SSSR count). The van der Waals surface area contributed by atoms with Crippen molar-refractivity contribution < 1.29 is 4.79 Å². The van der Waals surface area contributed by atoms with E-state index in [1.807, 2.05) is 25.1 Å². The third-order valence-corrected chi connectivity index (χ3v) is 4.14. The van der Waals surface area contributed by atoms with Gasteiger partial charge in [0.25, 0.3) is 5.24 Å². The summed E-state index contributed by atoms with van der Waals surface area (Å²) >= 11 is 10.3. The summed E-state index contributed by atoms with van der Waals surface area (Å²) in [5.41, 5.74) is 0.964. The van der Waals surface area contributed by atoms with Gasteiger partial charge in [0.2, 0.25) is 0 Å². The number of carbonyl (C=O) groups is 1. The summed E-state index contributed by atoms with van der Waals surface area (Å²) in [5.74, 6) is 0. The minimum Gasteiger partial charge on any atom is -0.275 e. The molecular formula is C10H6BrClOS. The van der Waals surface area contributed by atoms with E-state index in [0.717, 1.165) is 20.1 Å². The van der Waals surface area contributed by atoms with Gasteiger partial charge in [0.05, 0.1) is 4.88 Å². The van der Waals surface area contributed by atoms with E-state index in [-0.39, 0.29) is 5.24 Å². The van der Waals surface area contributed by atoms with Crippen molar-refractivity contribution in [2.45, 2.75) is 6.92 Å². The van der Waals surface area contributed by atoms with Gasteiger partial charge in [-0.1, -0.05) is 15.9 Å². The second-order valence-electron chi connectivity index (χ2n) is 2.97. The quantitative estimate of drug-likeness (QED) is 0.713. The van der Waals surface area contributed by atoms with Crippen LogP contribution in [0.15, 0.2) is 22.7 Å². The van der Waals surface area contributed by atoms with Crippen LogP contribution in [-0.4, -0.2) is 5.24 Å². The second kappa shape index (κ2) is 3.65. The predicted octanol–water partition coefficient (Wildman–Crippen LogP) is 4.35. The molecule has 0 saturated heterocycles. The first kappa shape index (κ1) is 10.1. The van der Waals surface area contributed by atoms with Crippen LogP contribution >= 0.6 is 38.9 Å². The van der Waals surface area contributed by atoms with E-state index < -0.39 is 0 Å². The van der Waals surface area contributed by atoms with Crippen LogP contribution in [0, 0.1) is 6.92 Å². The molecule has 0 saturated carbocycles. The van der Waals surface area contributed by atoms with E-state index in [1.54, 1.807) is 0 Å². The molecule has 1 heterocycles. The van der Waals surface area contributed by atoms with Gasteiger partial charge in [-0.2, -0.15) is 0 Å². The first-order chi connectivity index (χ1) is 6.59. The number of hydrogen-bond donors (Lipinski definition) is 0. The van der Waals surface area contributed by atoms with Gasteiger partial charge in [-0.05, 0) is 47.7 Å². The summed E-state index contributed by atoms with van der Waals surface area (Å²) in [7, 11) is 0. The van der Waals surface area contributed by atoms with Gasteiger partial charge in [-0.3, -0.25) is 4.79 Å². The van der Waals surface area contributed by atoms with Crippen molar-refractivity contribution in [3.63, 3.8) is 0 Å². The largest absolute Gasteiger partial charge is 0.275 e. The Bertz CT molecular complexity index is 518. The zero-order valence-electron chi connectivity index (χ0n) is 7.30. The lowest BCUT2D eigenvalue weighted by Crippen LogP contribution is -1.85. The van der Waals surface area contributed by atoms with Gasteiger partial charge in [-0.15, -0.1) is 11.3 Å². The third kappa shape index (κ3) is 1.60. The van der Waals surface area contributed by atoms with E-state index in [0.29, 0.717) is 4.88 Å². The van der Waals surface area contributed by atoms with E-state index in [1.165, 1.54) is 11.3 Å². The van der Waals surface area contributed by atoms with Crippen molar-refractivity contribution in [1.29, 1.82) is 0 Å². The van der Waals surface area contributed by atoms with Gasteiger partial charge in [0, 0.05) is 9.17 Å². The maximum absolute atomic E-state index is 11.1. The normalized spacial score (nSPS) is 10.8. The van der Waals surface area contributed by atoms with Crippen LogP contribution in [0.5, 0.6) is 0 Å². The molecular weight excluding hydrogens is 284 g/mol. The Labute approximate surface area is 98.8 Å². The Hall–Kier alpha value is -0.380. The number of thiophene rings is 1. The molecule has 0 aliphatic carbocycles. The number of fused-ring (bicyclic) bond motifs is 1. The third-order valence-electron chi connectivity index (χ3n) is 2.08. The highest BCUT2D eigenvalue weighted by molar-refractivity contribution is 9.10. The maximum atomic E-state index is 11.1. The average molecular weight is 290 g/mol.